The molecule has 1 aromatic rings. The van der Waals surface area contributed by atoms with E-state index in [-0.39, 0.29) is 11.0 Å². The van der Waals surface area contributed by atoms with Gasteiger partial charge in [0.05, 0.1) is 0 Å². The van der Waals surface area contributed by atoms with Crippen molar-refractivity contribution in [3.63, 3.8) is 0 Å². The van der Waals surface area contributed by atoms with Crippen LogP contribution >= 0.6 is 0 Å². The second-order valence-electron chi connectivity index (χ2n) is 4.89. The third-order valence-electron chi connectivity index (χ3n) is 4.12. The van der Waals surface area contributed by atoms with Crippen LogP contribution in [0.2, 0.25) is 0 Å². The summed E-state index contributed by atoms with van der Waals surface area (Å²) in [4.78, 5) is 0. The fraction of sp³-hybridized carbons (Fsp3) is 0.800. The van der Waals surface area contributed by atoms with Gasteiger partial charge in [-0.05, 0) is 38.5 Å². The highest BCUT2D eigenvalue weighted by Gasteiger charge is 2.50. The Balaban J connectivity index is 1.93. The number of aromatic nitrogens is 2. The highest BCUT2D eigenvalue weighted by molar-refractivity contribution is 5.14. The summed E-state index contributed by atoms with van der Waals surface area (Å²) in [6.07, 6.45) is 8.10. The molecule has 0 radical (unpaired) electrons. The number of nitrogens with zero attached hydrogens (tertiary/aromatic N) is 2. The highest BCUT2D eigenvalue weighted by atomic mass is 16.4. The van der Waals surface area contributed by atoms with Gasteiger partial charge in [0, 0.05) is 11.0 Å². The van der Waals surface area contributed by atoms with E-state index in [0.717, 1.165) is 44.4 Å². The average Bonchev–Trinajstić information content (AvgIpc) is 2.73. The molecule has 14 heavy (non-hydrogen) atoms. The van der Waals surface area contributed by atoms with E-state index >= 15 is 0 Å². The maximum atomic E-state index is 6.24. The Morgan fingerprint density at radius 3 is 2.29 bits per heavy atom. The fourth-order valence-electron chi connectivity index (χ4n) is 2.94. The molecule has 1 aromatic heterocycles. The van der Waals surface area contributed by atoms with Crippen molar-refractivity contribution in [2.75, 3.05) is 0 Å². The SMILES string of the molecule is NC12CCC(c3nnco3)(CC1)CC2. The van der Waals surface area contributed by atoms with Crippen LogP contribution in [0.3, 0.4) is 0 Å². The van der Waals surface area contributed by atoms with Gasteiger partial charge in [0.1, 0.15) is 0 Å². The fourth-order valence-corrected chi connectivity index (χ4v) is 2.94. The molecule has 0 unspecified atom stereocenters. The molecular weight excluding hydrogens is 178 g/mol. The third-order valence-corrected chi connectivity index (χ3v) is 4.12. The Labute approximate surface area is 82.9 Å². The molecule has 3 aliphatic rings. The lowest BCUT2D eigenvalue weighted by molar-refractivity contribution is 0.0858. The minimum Gasteiger partial charge on any atom is -0.427 e. The molecule has 3 saturated carbocycles. The molecule has 0 atom stereocenters. The van der Waals surface area contributed by atoms with E-state index in [0.29, 0.717) is 0 Å². The largest absolute Gasteiger partial charge is 0.427 e. The molecule has 0 amide bonds. The zero-order valence-corrected chi connectivity index (χ0v) is 8.20. The number of rotatable bonds is 1. The smallest absolute Gasteiger partial charge is 0.222 e. The zero-order chi connectivity index (χ0) is 9.65. The molecule has 0 spiro atoms. The molecule has 76 valence electrons. The van der Waals surface area contributed by atoms with Crippen LogP contribution in [-0.2, 0) is 5.41 Å². The Bertz CT molecular complexity index is 309. The first-order valence-electron chi connectivity index (χ1n) is 5.28. The predicted molar refractivity (Wildman–Crippen MR) is 50.6 cm³/mol. The normalized spacial score (nSPS) is 41.5. The minimum atomic E-state index is 0.113. The van der Waals surface area contributed by atoms with Crippen molar-refractivity contribution < 1.29 is 4.42 Å². The van der Waals surface area contributed by atoms with Crippen LogP contribution in [-0.4, -0.2) is 15.7 Å². The Morgan fingerprint density at radius 2 is 1.79 bits per heavy atom. The maximum Gasteiger partial charge on any atom is 0.222 e. The van der Waals surface area contributed by atoms with Crippen molar-refractivity contribution in [2.45, 2.75) is 49.5 Å². The minimum absolute atomic E-state index is 0.113. The van der Waals surface area contributed by atoms with Gasteiger partial charge < -0.3 is 10.2 Å². The summed E-state index contributed by atoms with van der Waals surface area (Å²) < 4.78 is 5.36. The first-order valence-corrected chi connectivity index (χ1v) is 5.28. The molecule has 1 heterocycles. The van der Waals surface area contributed by atoms with Gasteiger partial charge in [0.2, 0.25) is 12.3 Å². The van der Waals surface area contributed by atoms with Crippen LogP contribution in [0, 0.1) is 0 Å². The average molecular weight is 193 g/mol. The van der Waals surface area contributed by atoms with E-state index < -0.39 is 0 Å². The second-order valence-corrected chi connectivity index (χ2v) is 4.89. The van der Waals surface area contributed by atoms with Gasteiger partial charge in [0.25, 0.3) is 0 Å². The zero-order valence-electron chi connectivity index (χ0n) is 8.20. The molecule has 0 saturated heterocycles. The number of nitrogens with two attached hydrogens (primary N) is 1. The summed E-state index contributed by atoms with van der Waals surface area (Å²) in [6.45, 7) is 0. The van der Waals surface area contributed by atoms with E-state index in [1.165, 1.54) is 6.39 Å². The lowest BCUT2D eigenvalue weighted by atomic mass is 9.57. The summed E-state index contributed by atoms with van der Waals surface area (Å²) in [5.41, 5.74) is 6.52. The van der Waals surface area contributed by atoms with Gasteiger partial charge in [-0.3, -0.25) is 0 Å². The van der Waals surface area contributed by atoms with Crippen LogP contribution < -0.4 is 5.73 Å². The molecule has 0 aliphatic heterocycles. The van der Waals surface area contributed by atoms with Crippen LogP contribution in [0.4, 0.5) is 0 Å². The van der Waals surface area contributed by atoms with Crippen LogP contribution in [0.1, 0.15) is 44.4 Å². The van der Waals surface area contributed by atoms with Crippen LogP contribution in [0.25, 0.3) is 0 Å². The lowest BCUT2D eigenvalue weighted by Gasteiger charge is -2.49. The summed E-state index contributed by atoms with van der Waals surface area (Å²) in [5, 5.41) is 7.85. The standard InChI is InChI=1S/C10H15N3O/c11-10-4-1-9(2-5-10,3-6-10)8-13-12-7-14-8/h7H,1-6,11H2. The summed E-state index contributed by atoms with van der Waals surface area (Å²) in [5.74, 6) is 0.833. The van der Waals surface area contributed by atoms with Crippen molar-refractivity contribution in [3.05, 3.63) is 12.3 Å². The van der Waals surface area contributed by atoms with Crippen molar-refractivity contribution in [3.8, 4) is 0 Å². The Kier molecular flexibility index (Phi) is 1.54. The molecule has 3 aliphatic carbocycles. The van der Waals surface area contributed by atoms with Crippen molar-refractivity contribution in [1.82, 2.24) is 10.2 Å². The maximum absolute atomic E-state index is 6.24. The first kappa shape index (κ1) is 8.41. The summed E-state index contributed by atoms with van der Waals surface area (Å²) in [7, 11) is 0. The number of hydrogen-bond acceptors (Lipinski definition) is 4. The molecule has 0 aromatic carbocycles. The topological polar surface area (TPSA) is 64.9 Å². The van der Waals surface area contributed by atoms with Crippen LogP contribution in [0.5, 0.6) is 0 Å². The summed E-state index contributed by atoms with van der Waals surface area (Å²) >= 11 is 0. The summed E-state index contributed by atoms with van der Waals surface area (Å²) in [6, 6.07) is 0. The van der Waals surface area contributed by atoms with Crippen LogP contribution in [0.15, 0.2) is 10.8 Å². The van der Waals surface area contributed by atoms with E-state index in [1.807, 2.05) is 0 Å². The van der Waals surface area contributed by atoms with Gasteiger partial charge in [0.15, 0.2) is 0 Å². The predicted octanol–water partition coefficient (Wildman–Crippen LogP) is 1.37. The van der Waals surface area contributed by atoms with Gasteiger partial charge in [-0.15, -0.1) is 10.2 Å². The molecule has 4 heteroatoms. The lowest BCUT2D eigenvalue weighted by Crippen LogP contribution is -2.53. The van der Waals surface area contributed by atoms with E-state index in [2.05, 4.69) is 10.2 Å². The molecule has 3 fully saturated rings. The number of hydrogen-bond donors (Lipinski definition) is 1. The molecule has 4 nitrogen and oxygen atoms in total. The van der Waals surface area contributed by atoms with Gasteiger partial charge in [-0.2, -0.15) is 0 Å². The van der Waals surface area contributed by atoms with Gasteiger partial charge >= 0.3 is 0 Å². The van der Waals surface area contributed by atoms with Crippen molar-refractivity contribution >= 4 is 0 Å². The Hall–Kier alpha value is -0.900. The van der Waals surface area contributed by atoms with Gasteiger partial charge in [-0.1, -0.05) is 0 Å². The number of fused-ring (bicyclic) bond motifs is 3. The highest BCUT2D eigenvalue weighted by Crippen LogP contribution is 2.51. The molecule has 4 rings (SSSR count). The first-order chi connectivity index (χ1) is 6.73. The van der Waals surface area contributed by atoms with Crippen molar-refractivity contribution in [1.29, 1.82) is 0 Å². The van der Waals surface area contributed by atoms with E-state index in [9.17, 15) is 0 Å². The monoisotopic (exact) mass is 193 g/mol. The Morgan fingerprint density at radius 1 is 1.14 bits per heavy atom. The molecule has 2 bridgehead atoms. The quantitative estimate of drug-likeness (QED) is 0.731. The third kappa shape index (κ3) is 1.03. The van der Waals surface area contributed by atoms with Crippen molar-refractivity contribution in [2.24, 2.45) is 5.73 Å². The molecular formula is C10H15N3O. The van der Waals surface area contributed by atoms with E-state index in [4.69, 9.17) is 10.2 Å². The van der Waals surface area contributed by atoms with E-state index in [1.54, 1.807) is 0 Å². The van der Waals surface area contributed by atoms with Gasteiger partial charge in [-0.25, -0.2) is 0 Å². The second kappa shape index (κ2) is 2.57. The molecule has 2 N–H and O–H groups in total.